The second-order valence-electron chi connectivity index (χ2n) is 15.0. The molecule has 1 aliphatic rings. The van der Waals surface area contributed by atoms with E-state index in [1.54, 1.807) is 0 Å². The number of aromatic nitrogens is 1. The molecule has 0 N–H and O–H groups in total. The molecule has 2 nitrogen and oxygen atoms in total. The van der Waals surface area contributed by atoms with Crippen molar-refractivity contribution in [1.29, 1.82) is 0 Å². The van der Waals surface area contributed by atoms with Gasteiger partial charge in [-0.1, -0.05) is 159 Å². The molecule has 0 bridgehead atoms. The van der Waals surface area contributed by atoms with Gasteiger partial charge in [0.05, 0.1) is 5.52 Å². The monoisotopic (exact) mass is 704 g/mol. The van der Waals surface area contributed by atoms with Crippen molar-refractivity contribution in [1.82, 2.24) is 4.57 Å². The van der Waals surface area contributed by atoms with Gasteiger partial charge in [0.15, 0.2) is 0 Å². The van der Waals surface area contributed by atoms with Crippen molar-refractivity contribution in [3.8, 4) is 50.2 Å². The van der Waals surface area contributed by atoms with E-state index < -0.39 is 0 Å². The number of nitrogens with zero attached hydrogens (tertiary/aromatic N) is 2. The van der Waals surface area contributed by atoms with Crippen LogP contribution in [0.3, 0.4) is 0 Å². The van der Waals surface area contributed by atoms with Gasteiger partial charge in [0.1, 0.15) is 0 Å². The van der Waals surface area contributed by atoms with Gasteiger partial charge in [0.2, 0.25) is 0 Å². The van der Waals surface area contributed by atoms with Gasteiger partial charge in [0.25, 0.3) is 0 Å². The molecule has 0 radical (unpaired) electrons. The van der Waals surface area contributed by atoms with Gasteiger partial charge in [-0.05, 0) is 105 Å². The molecule has 0 spiro atoms. The molecule has 2 heteroatoms. The minimum absolute atomic E-state index is 0.0865. The van der Waals surface area contributed by atoms with Crippen LogP contribution in [0.4, 0.5) is 17.1 Å². The summed E-state index contributed by atoms with van der Waals surface area (Å²) in [6.07, 6.45) is 2.27. The van der Waals surface area contributed by atoms with Crippen molar-refractivity contribution < 1.29 is 0 Å². The Morgan fingerprint density at radius 2 is 0.873 bits per heavy atom. The summed E-state index contributed by atoms with van der Waals surface area (Å²) in [5.74, 6) is 0. The van der Waals surface area contributed by atoms with Crippen molar-refractivity contribution in [2.24, 2.45) is 0 Å². The van der Waals surface area contributed by atoms with Crippen molar-refractivity contribution in [2.75, 3.05) is 4.90 Å². The lowest BCUT2D eigenvalue weighted by Crippen LogP contribution is -2.16. The first-order valence-corrected chi connectivity index (χ1v) is 19.1. The van der Waals surface area contributed by atoms with Crippen LogP contribution < -0.4 is 4.90 Å². The number of hydrogen-bond acceptors (Lipinski definition) is 1. The third-order valence-electron chi connectivity index (χ3n) is 11.5. The van der Waals surface area contributed by atoms with Gasteiger partial charge >= 0.3 is 0 Å². The van der Waals surface area contributed by atoms with Crippen LogP contribution in [-0.4, -0.2) is 4.57 Å². The first-order chi connectivity index (χ1) is 27.0. The average molecular weight is 705 g/mol. The van der Waals surface area contributed by atoms with Crippen LogP contribution in [0.5, 0.6) is 0 Å². The predicted octanol–water partition coefficient (Wildman–Crippen LogP) is 14.4. The summed E-state index contributed by atoms with van der Waals surface area (Å²) >= 11 is 0. The molecule has 1 aliphatic carbocycles. The molecule has 0 aliphatic heterocycles. The highest BCUT2D eigenvalue weighted by Gasteiger charge is 2.35. The largest absolute Gasteiger partial charge is 0.316 e. The maximum atomic E-state index is 2.40. The van der Waals surface area contributed by atoms with Crippen molar-refractivity contribution in [3.05, 3.63) is 218 Å². The Morgan fingerprint density at radius 3 is 1.53 bits per heavy atom. The van der Waals surface area contributed by atoms with Crippen LogP contribution in [-0.2, 0) is 5.41 Å². The zero-order valence-corrected chi connectivity index (χ0v) is 31.0. The van der Waals surface area contributed by atoms with Crippen LogP contribution in [0.15, 0.2) is 206 Å². The third-order valence-corrected chi connectivity index (χ3v) is 11.5. The smallest absolute Gasteiger partial charge is 0.0534 e. The lowest BCUT2D eigenvalue weighted by Gasteiger charge is -2.28. The van der Waals surface area contributed by atoms with E-state index in [9.17, 15) is 0 Å². The van der Waals surface area contributed by atoms with E-state index in [-0.39, 0.29) is 5.41 Å². The number of hydrogen-bond donors (Lipinski definition) is 0. The Hall–Kier alpha value is -6.90. The fourth-order valence-electron chi connectivity index (χ4n) is 8.57. The normalized spacial score (nSPS) is 12.7. The van der Waals surface area contributed by atoms with E-state index in [0.29, 0.717) is 0 Å². The molecular formula is C53H40N2. The third kappa shape index (κ3) is 5.66. The molecule has 1 aromatic heterocycles. The average Bonchev–Trinajstić information content (AvgIpc) is 3.75. The van der Waals surface area contributed by atoms with Gasteiger partial charge < -0.3 is 9.47 Å². The molecule has 9 aromatic rings. The van der Waals surface area contributed by atoms with Gasteiger partial charge in [0, 0.05) is 45.3 Å². The van der Waals surface area contributed by atoms with Gasteiger partial charge in [-0.3, -0.25) is 0 Å². The highest BCUT2D eigenvalue weighted by Crippen LogP contribution is 2.50. The summed E-state index contributed by atoms with van der Waals surface area (Å²) in [4.78, 5) is 2.39. The summed E-state index contributed by atoms with van der Waals surface area (Å²) in [6, 6.07) is 72.7. The Bertz CT molecular complexity index is 2790. The van der Waals surface area contributed by atoms with Gasteiger partial charge in [-0.25, -0.2) is 0 Å². The minimum Gasteiger partial charge on any atom is -0.316 e. The Morgan fingerprint density at radius 1 is 0.382 bits per heavy atom. The van der Waals surface area contributed by atoms with Crippen molar-refractivity contribution >= 4 is 28.0 Å². The van der Waals surface area contributed by atoms with E-state index >= 15 is 0 Å². The first-order valence-electron chi connectivity index (χ1n) is 19.1. The SMILES string of the molecule is CC1(C)c2ccccc2-c2ccc(N(c3ccc(-c4ccccc4)cc3)c3ccc(-c4ccc(-n5cc(-c6ccccc6)c6ccccc65)cc4)cc3)cc21. The topological polar surface area (TPSA) is 8.17 Å². The van der Waals surface area contributed by atoms with Crippen LogP contribution >= 0.6 is 0 Å². The van der Waals surface area contributed by atoms with Gasteiger partial charge in [-0.15, -0.1) is 0 Å². The molecule has 0 atom stereocenters. The number of para-hydroxylation sites is 1. The molecule has 1 heterocycles. The van der Waals surface area contributed by atoms with E-state index in [2.05, 4.69) is 230 Å². The number of benzene rings is 8. The van der Waals surface area contributed by atoms with Crippen LogP contribution in [0.1, 0.15) is 25.0 Å². The standard InChI is InChI=1S/C53H40N2/c1-53(2)50-19-11-9-17-46(50)47-34-33-45(35-51(47)53)55(43-29-23-38(24-30-43)37-13-5-3-6-14-37)44-31-25-40(26-32-44)39-21-27-42(28-22-39)54-36-49(41-15-7-4-8-16-41)48-18-10-12-20-52(48)54/h3-36H,1-2H3. The summed E-state index contributed by atoms with van der Waals surface area (Å²) in [5, 5.41) is 1.25. The quantitative estimate of drug-likeness (QED) is 0.160. The number of rotatable bonds is 7. The van der Waals surface area contributed by atoms with Crippen molar-refractivity contribution in [3.63, 3.8) is 0 Å². The van der Waals surface area contributed by atoms with E-state index in [0.717, 1.165) is 22.7 Å². The molecule has 0 unspecified atom stereocenters. The highest BCUT2D eigenvalue weighted by atomic mass is 15.1. The summed E-state index contributed by atoms with van der Waals surface area (Å²) in [5.41, 5.74) is 18.3. The molecule has 0 amide bonds. The maximum Gasteiger partial charge on any atom is 0.0534 e. The predicted molar refractivity (Wildman–Crippen MR) is 232 cm³/mol. The van der Waals surface area contributed by atoms with E-state index in [4.69, 9.17) is 0 Å². The summed E-state index contributed by atoms with van der Waals surface area (Å²) in [6.45, 7) is 4.70. The summed E-state index contributed by atoms with van der Waals surface area (Å²) < 4.78 is 2.31. The van der Waals surface area contributed by atoms with Crippen LogP contribution in [0.25, 0.3) is 61.1 Å². The molecule has 0 saturated carbocycles. The lowest BCUT2D eigenvalue weighted by atomic mass is 9.82. The van der Waals surface area contributed by atoms with E-state index in [1.165, 1.54) is 66.5 Å². The van der Waals surface area contributed by atoms with Crippen LogP contribution in [0, 0.1) is 0 Å². The van der Waals surface area contributed by atoms with E-state index in [1.807, 2.05) is 0 Å². The Kier molecular flexibility index (Phi) is 7.85. The second kappa shape index (κ2) is 13.2. The summed E-state index contributed by atoms with van der Waals surface area (Å²) in [7, 11) is 0. The number of fused-ring (bicyclic) bond motifs is 4. The fourth-order valence-corrected chi connectivity index (χ4v) is 8.57. The Labute approximate surface area is 323 Å². The molecule has 262 valence electrons. The van der Waals surface area contributed by atoms with Crippen LogP contribution in [0.2, 0.25) is 0 Å². The molecular weight excluding hydrogens is 665 g/mol. The second-order valence-corrected chi connectivity index (χ2v) is 15.0. The fraction of sp³-hybridized carbons (Fsp3) is 0.0566. The maximum absolute atomic E-state index is 2.40. The van der Waals surface area contributed by atoms with Gasteiger partial charge in [-0.2, -0.15) is 0 Å². The highest BCUT2D eigenvalue weighted by molar-refractivity contribution is 5.97. The molecule has 0 fully saturated rings. The minimum atomic E-state index is -0.0865. The molecule has 0 saturated heterocycles. The van der Waals surface area contributed by atoms with Crippen molar-refractivity contribution in [2.45, 2.75) is 19.3 Å². The zero-order valence-electron chi connectivity index (χ0n) is 31.0. The Balaban J connectivity index is 1.00. The molecule has 8 aromatic carbocycles. The lowest BCUT2D eigenvalue weighted by molar-refractivity contribution is 0.660. The molecule has 10 rings (SSSR count). The number of anilines is 3. The first kappa shape index (κ1) is 32.7. The zero-order chi connectivity index (χ0) is 36.9. The molecule has 55 heavy (non-hydrogen) atoms.